The highest BCUT2D eigenvalue weighted by Crippen LogP contribution is 2.33. The van der Waals surface area contributed by atoms with Gasteiger partial charge < -0.3 is 18.6 Å². The Kier molecular flexibility index (Phi) is 6.12. The van der Waals surface area contributed by atoms with Gasteiger partial charge in [-0.1, -0.05) is 29.4 Å². The van der Waals surface area contributed by atoms with Crippen molar-refractivity contribution in [2.75, 3.05) is 13.7 Å². The first kappa shape index (κ1) is 21.9. The summed E-state index contributed by atoms with van der Waals surface area (Å²) in [6, 6.07) is 15.2. The molecule has 2 aromatic carbocycles. The minimum absolute atomic E-state index is 0.0633. The molecule has 174 valence electrons. The lowest BCUT2D eigenvalue weighted by Crippen LogP contribution is -2.38. The minimum Gasteiger partial charge on any atom is -0.497 e. The van der Waals surface area contributed by atoms with Gasteiger partial charge in [-0.15, -0.1) is 0 Å². The summed E-state index contributed by atoms with van der Waals surface area (Å²) >= 11 is 0. The Bertz CT molecular complexity index is 1300. The first-order valence-electron chi connectivity index (χ1n) is 11.2. The van der Waals surface area contributed by atoms with E-state index >= 15 is 0 Å². The van der Waals surface area contributed by atoms with Gasteiger partial charge in [-0.3, -0.25) is 4.79 Å². The van der Waals surface area contributed by atoms with Crippen molar-refractivity contribution in [2.24, 2.45) is 0 Å². The van der Waals surface area contributed by atoms with Crippen LogP contribution in [0.3, 0.4) is 0 Å². The number of hydrogen-bond donors (Lipinski definition) is 0. The van der Waals surface area contributed by atoms with E-state index in [4.69, 9.17) is 13.7 Å². The summed E-state index contributed by atoms with van der Waals surface area (Å²) in [5.41, 5.74) is 1.61. The molecule has 0 spiro atoms. The Morgan fingerprint density at radius 1 is 1.18 bits per heavy atom. The van der Waals surface area contributed by atoms with E-state index in [1.165, 1.54) is 12.1 Å². The van der Waals surface area contributed by atoms with Crippen LogP contribution in [0.1, 0.15) is 53.1 Å². The number of oxazole rings is 1. The van der Waals surface area contributed by atoms with E-state index in [9.17, 15) is 9.18 Å². The first-order valence-corrected chi connectivity index (χ1v) is 11.2. The van der Waals surface area contributed by atoms with E-state index in [0.29, 0.717) is 24.6 Å². The summed E-state index contributed by atoms with van der Waals surface area (Å²) in [5, 5.41) is 3.91. The Morgan fingerprint density at radius 2 is 2.06 bits per heavy atom. The monoisotopic (exact) mass is 461 g/mol. The quantitative estimate of drug-likeness (QED) is 0.381. The lowest BCUT2D eigenvalue weighted by Gasteiger charge is -2.32. The Balaban J connectivity index is 1.35. The Morgan fingerprint density at radius 3 is 2.91 bits per heavy atom. The second-order valence-corrected chi connectivity index (χ2v) is 8.26. The van der Waals surface area contributed by atoms with Gasteiger partial charge in [0, 0.05) is 24.6 Å². The van der Waals surface area contributed by atoms with Crippen molar-refractivity contribution in [1.29, 1.82) is 0 Å². The topological polar surface area (TPSA) is 81.6 Å². The van der Waals surface area contributed by atoms with Gasteiger partial charge in [-0.25, -0.2) is 9.37 Å². The lowest BCUT2D eigenvalue weighted by molar-refractivity contribution is 0.0528. The third-order valence-electron chi connectivity index (χ3n) is 6.00. The predicted molar refractivity (Wildman–Crippen MR) is 122 cm³/mol. The molecule has 1 aliphatic heterocycles. The molecular weight excluding hydrogens is 437 g/mol. The number of halogens is 1. The maximum absolute atomic E-state index is 14.1. The number of ether oxygens (including phenoxy) is 1. The molecule has 0 bridgehead atoms. The minimum atomic E-state index is -0.422. The molecule has 2 aromatic heterocycles. The molecule has 0 N–H and O–H groups in total. The van der Waals surface area contributed by atoms with Gasteiger partial charge >= 0.3 is 0 Å². The van der Waals surface area contributed by atoms with Crippen LogP contribution in [0.5, 0.6) is 5.75 Å². The van der Waals surface area contributed by atoms with Gasteiger partial charge in [0.2, 0.25) is 11.7 Å². The predicted octanol–water partition coefficient (Wildman–Crippen LogP) is 5.44. The molecule has 7 nitrogen and oxygen atoms in total. The summed E-state index contributed by atoms with van der Waals surface area (Å²) in [6.45, 7) is 0.548. The number of carbonyl (C=O) groups is 1. The van der Waals surface area contributed by atoms with E-state index in [1.54, 1.807) is 36.4 Å². The van der Waals surface area contributed by atoms with E-state index in [0.717, 1.165) is 30.6 Å². The Hall–Kier alpha value is -3.94. The molecule has 1 fully saturated rings. The number of aromatic nitrogens is 2. The fourth-order valence-electron chi connectivity index (χ4n) is 4.29. The number of amides is 1. The van der Waals surface area contributed by atoms with Crippen LogP contribution in [0.25, 0.3) is 11.3 Å². The fourth-order valence-corrected chi connectivity index (χ4v) is 4.29. The highest BCUT2D eigenvalue weighted by atomic mass is 19.1. The van der Waals surface area contributed by atoms with E-state index in [2.05, 4.69) is 10.1 Å². The van der Waals surface area contributed by atoms with Gasteiger partial charge in [0.25, 0.3) is 5.91 Å². The average Bonchev–Trinajstić information content (AvgIpc) is 3.54. The molecule has 3 heterocycles. The number of nitrogens with zero attached hydrogens (tertiary/aromatic N) is 3. The van der Waals surface area contributed by atoms with Crippen LogP contribution in [0.15, 0.2) is 69.7 Å². The van der Waals surface area contributed by atoms with Crippen LogP contribution in [-0.4, -0.2) is 34.6 Å². The van der Waals surface area contributed by atoms with Gasteiger partial charge in [0.05, 0.1) is 13.3 Å². The number of likely N-dealkylation sites (tertiary alicyclic amines) is 1. The average molecular weight is 461 g/mol. The third-order valence-corrected chi connectivity index (χ3v) is 6.00. The number of hydrogen-bond acceptors (Lipinski definition) is 6. The molecule has 8 heteroatoms. The maximum Gasteiger partial charge on any atom is 0.293 e. The number of carbonyl (C=O) groups excluding carboxylic acids is 1. The molecular formula is C26H24FN3O4. The SMILES string of the molecule is COc1cccc(Cc2cnc([C@@H]3CCCCN3C(=O)c3cc(-c4ccccc4F)no3)o2)c1. The van der Waals surface area contributed by atoms with Crippen LogP contribution in [0, 0.1) is 5.82 Å². The molecule has 5 rings (SSSR count). The molecule has 34 heavy (non-hydrogen) atoms. The van der Waals surface area contributed by atoms with E-state index < -0.39 is 5.82 Å². The summed E-state index contributed by atoms with van der Waals surface area (Å²) in [4.78, 5) is 19.5. The molecule has 0 aliphatic carbocycles. The molecule has 1 amide bonds. The number of piperidine rings is 1. The second kappa shape index (κ2) is 9.51. The molecule has 1 saturated heterocycles. The largest absolute Gasteiger partial charge is 0.497 e. The number of methoxy groups -OCH3 is 1. The zero-order chi connectivity index (χ0) is 23.5. The molecule has 1 atom stereocenters. The van der Waals surface area contributed by atoms with Crippen LogP contribution in [0.2, 0.25) is 0 Å². The van der Waals surface area contributed by atoms with Crippen molar-refractivity contribution >= 4 is 5.91 Å². The van der Waals surface area contributed by atoms with Crippen LogP contribution in [0.4, 0.5) is 4.39 Å². The van der Waals surface area contributed by atoms with E-state index in [-0.39, 0.29) is 29.0 Å². The van der Waals surface area contributed by atoms with Crippen molar-refractivity contribution in [2.45, 2.75) is 31.7 Å². The zero-order valence-corrected chi connectivity index (χ0v) is 18.7. The normalized spacial score (nSPS) is 15.9. The number of rotatable bonds is 6. The summed E-state index contributed by atoms with van der Waals surface area (Å²) in [5.74, 6) is 1.32. The van der Waals surface area contributed by atoms with Crippen molar-refractivity contribution in [3.8, 4) is 17.0 Å². The van der Waals surface area contributed by atoms with E-state index in [1.807, 2.05) is 24.3 Å². The summed E-state index contributed by atoms with van der Waals surface area (Å²) in [7, 11) is 1.63. The Labute approximate surface area is 196 Å². The van der Waals surface area contributed by atoms with Crippen molar-refractivity contribution < 1.29 is 22.9 Å². The molecule has 0 saturated carbocycles. The molecule has 4 aromatic rings. The lowest BCUT2D eigenvalue weighted by atomic mass is 10.0. The molecule has 1 aliphatic rings. The van der Waals surface area contributed by atoms with Gasteiger partial charge in [0.1, 0.15) is 29.1 Å². The van der Waals surface area contributed by atoms with Gasteiger partial charge in [0.15, 0.2) is 0 Å². The van der Waals surface area contributed by atoms with Crippen molar-refractivity contribution in [3.63, 3.8) is 0 Å². The second-order valence-electron chi connectivity index (χ2n) is 8.26. The summed E-state index contributed by atoms with van der Waals surface area (Å²) in [6.07, 6.45) is 4.84. The van der Waals surface area contributed by atoms with Crippen molar-refractivity contribution in [3.05, 3.63) is 89.6 Å². The highest BCUT2D eigenvalue weighted by molar-refractivity contribution is 5.92. The first-order chi connectivity index (χ1) is 16.6. The summed E-state index contributed by atoms with van der Waals surface area (Å²) < 4.78 is 30.8. The third kappa shape index (κ3) is 4.44. The van der Waals surface area contributed by atoms with Crippen molar-refractivity contribution in [1.82, 2.24) is 15.0 Å². The van der Waals surface area contributed by atoms with Gasteiger partial charge in [-0.05, 0) is 49.1 Å². The fraction of sp³-hybridized carbons (Fsp3) is 0.269. The molecule has 0 unspecified atom stereocenters. The zero-order valence-electron chi connectivity index (χ0n) is 18.7. The van der Waals surface area contributed by atoms with Gasteiger partial charge in [-0.2, -0.15) is 0 Å². The van der Waals surface area contributed by atoms with Crippen LogP contribution < -0.4 is 4.74 Å². The standard InChI is InChI=1S/C26H24FN3O4/c1-32-18-8-6-7-17(13-18)14-19-16-28-25(33-19)23-11-4-5-12-30(23)26(31)24-15-22(29-34-24)20-9-2-3-10-21(20)27/h2-3,6-10,13,15-16,23H,4-5,11-12,14H2,1H3/t23-/m0/s1. The van der Waals surface area contributed by atoms with Crippen LogP contribution >= 0.6 is 0 Å². The smallest absolute Gasteiger partial charge is 0.293 e. The maximum atomic E-state index is 14.1. The van der Waals surface area contributed by atoms with Crippen LogP contribution in [-0.2, 0) is 6.42 Å². The highest BCUT2D eigenvalue weighted by Gasteiger charge is 2.34. The number of benzene rings is 2. The molecule has 0 radical (unpaired) electrons.